The molecule has 0 aliphatic carbocycles. The summed E-state index contributed by atoms with van der Waals surface area (Å²) < 4.78 is 0. The van der Waals surface area contributed by atoms with Crippen LogP contribution in [-0.2, 0) is 0 Å². The van der Waals surface area contributed by atoms with Gasteiger partial charge in [-0.15, -0.1) is 0 Å². The molecule has 2 heteroatoms. The fraction of sp³-hybridized carbons (Fsp3) is 0.455. The predicted molar refractivity (Wildman–Crippen MR) is 61.3 cm³/mol. The van der Waals surface area contributed by atoms with Crippen molar-refractivity contribution >= 4 is 12.6 Å². The highest BCUT2D eigenvalue weighted by Gasteiger charge is 2.10. The van der Waals surface area contributed by atoms with Crippen molar-refractivity contribution in [3.63, 3.8) is 0 Å². The van der Waals surface area contributed by atoms with E-state index in [2.05, 4.69) is 49.6 Å². The van der Waals surface area contributed by atoms with Crippen LogP contribution in [0.3, 0.4) is 0 Å². The second-order valence-electron chi connectivity index (χ2n) is 3.70. The van der Waals surface area contributed by atoms with E-state index in [1.165, 1.54) is 16.7 Å². The summed E-state index contributed by atoms with van der Waals surface area (Å²) in [5.74, 6) is 0. The number of rotatable bonds is 2. The molecule has 1 unspecified atom stereocenters. The fourth-order valence-electron chi connectivity index (χ4n) is 1.32. The van der Waals surface area contributed by atoms with E-state index in [1.54, 1.807) is 0 Å². The zero-order chi connectivity index (χ0) is 10.0. The molecule has 0 radical (unpaired) electrons. The van der Waals surface area contributed by atoms with Crippen LogP contribution in [0, 0.1) is 13.8 Å². The summed E-state index contributed by atoms with van der Waals surface area (Å²) in [5.41, 5.74) is 3.90. The van der Waals surface area contributed by atoms with Crippen LogP contribution >= 0.6 is 12.6 Å². The Balaban J connectivity index is 3.05. The highest BCUT2D eigenvalue weighted by molar-refractivity contribution is 7.80. The highest BCUT2D eigenvalue weighted by atomic mass is 32.1. The Morgan fingerprint density at radius 2 is 1.85 bits per heavy atom. The number of nitrogens with zero attached hydrogens (tertiary/aromatic N) is 1. The van der Waals surface area contributed by atoms with Gasteiger partial charge in [-0.25, -0.2) is 0 Å². The lowest BCUT2D eigenvalue weighted by atomic mass is 10.1. The van der Waals surface area contributed by atoms with Gasteiger partial charge in [0.15, 0.2) is 0 Å². The molecule has 0 saturated carbocycles. The third-order valence-electron chi connectivity index (χ3n) is 2.20. The Kier molecular flexibility index (Phi) is 3.40. The molecule has 0 N–H and O–H groups in total. The van der Waals surface area contributed by atoms with Gasteiger partial charge in [0.25, 0.3) is 0 Å². The van der Waals surface area contributed by atoms with Crippen molar-refractivity contribution in [1.29, 1.82) is 0 Å². The van der Waals surface area contributed by atoms with Gasteiger partial charge in [0.1, 0.15) is 0 Å². The summed E-state index contributed by atoms with van der Waals surface area (Å²) in [7, 11) is 4.08. The van der Waals surface area contributed by atoms with Crippen LogP contribution in [0.1, 0.15) is 22.1 Å². The molecule has 0 heterocycles. The lowest BCUT2D eigenvalue weighted by Gasteiger charge is -2.21. The molecule has 13 heavy (non-hydrogen) atoms. The van der Waals surface area contributed by atoms with Gasteiger partial charge in [-0.2, -0.15) is 12.6 Å². The average Bonchev–Trinajstić information content (AvgIpc) is 2.08. The lowest BCUT2D eigenvalue weighted by Crippen LogP contribution is -2.15. The minimum atomic E-state index is 0.194. The summed E-state index contributed by atoms with van der Waals surface area (Å²) in [6, 6.07) is 6.49. The van der Waals surface area contributed by atoms with E-state index in [9.17, 15) is 0 Å². The number of hydrogen-bond acceptors (Lipinski definition) is 2. The van der Waals surface area contributed by atoms with E-state index in [0.29, 0.717) is 0 Å². The van der Waals surface area contributed by atoms with E-state index in [-0.39, 0.29) is 5.37 Å². The molecule has 0 spiro atoms. The summed E-state index contributed by atoms with van der Waals surface area (Å²) in [6.45, 7) is 4.24. The van der Waals surface area contributed by atoms with E-state index in [1.807, 2.05) is 14.1 Å². The molecule has 1 nitrogen and oxygen atoms in total. The van der Waals surface area contributed by atoms with Gasteiger partial charge < -0.3 is 0 Å². The van der Waals surface area contributed by atoms with Crippen LogP contribution in [0.2, 0.25) is 0 Å². The second-order valence-corrected chi connectivity index (χ2v) is 4.19. The third-order valence-corrected chi connectivity index (χ3v) is 2.94. The first kappa shape index (κ1) is 10.6. The maximum atomic E-state index is 4.56. The normalized spacial score (nSPS) is 13.4. The van der Waals surface area contributed by atoms with E-state index >= 15 is 0 Å². The van der Waals surface area contributed by atoms with E-state index in [4.69, 9.17) is 0 Å². The molecule has 1 aromatic rings. The molecule has 1 rings (SSSR count). The maximum Gasteiger partial charge on any atom is 0.0782 e. The van der Waals surface area contributed by atoms with Crippen molar-refractivity contribution in [2.24, 2.45) is 0 Å². The maximum absolute atomic E-state index is 4.56. The summed E-state index contributed by atoms with van der Waals surface area (Å²) >= 11 is 4.56. The van der Waals surface area contributed by atoms with Crippen molar-refractivity contribution in [3.05, 3.63) is 34.9 Å². The Morgan fingerprint density at radius 3 is 2.38 bits per heavy atom. The van der Waals surface area contributed by atoms with Gasteiger partial charge in [-0.1, -0.05) is 23.8 Å². The van der Waals surface area contributed by atoms with Gasteiger partial charge in [0, 0.05) is 0 Å². The lowest BCUT2D eigenvalue weighted by molar-refractivity contribution is 0.392. The van der Waals surface area contributed by atoms with Crippen LogP contribution in [0.5, 0.6) is 0 Å². The molecule has 0 aliphatic heterocycles. The molecule has 0 fully saturated rings. The highest BCUT2D eigenvalue weighted by Crippen LogP contribution is 2.25. The number of aryl methyl sites for hydroxylation is 2. The van der Waals surface area contributed by atoms with Gasteiger partial charge in [0.2, 0.25) is 0 Å². The van der Waals surface area contributed by atoms with Crippen molar-refractivity contribution < 1.29 is 0 Å². The molecule has 0 saturated heterocycles. The fourth-order valence-corrected chi connectivity index (χ4v) is 1.59. The summed E-state index contributed by atoms with van der Waals surface area (Å²) in [5, 5.41) is 0.194. The molecule has 1 aromatic carbocycles. The first-order chi connectivity index (χ1) is 6.02. The molecule has 72 valence electrons. The SMILES string of the molecule is Cc1ccc(C)c(C(S)N(C)C)c1. The van der Waals surface area contributed by atoms with Crippen LogP contribution in [-0.4, -0.2) is 19.0 Å². The van der Waals surface area contributed by atoms with E-state index in [0.717, 1.165) is 0 Å². The first-order valence-corrected chi connectivity index (χ1v) is 4.95. The Labute approximate surface area is 86.2 Å². The number of thiol groups is 1. The topological polar surface area (TPSA) is 3.24 Å². The summed E-state index contributed by atoms with van der Waals surface area (Å²) in [6.07, 6.45) is 0. The Morgan fingerprint density at radius 1 is 1.23 bits per heavy atom. The smallest absolute Gasteiger partial charge is 0.0782 e. The number of hydrogen-bond donors (Lipinski definition) is 1. The van der Waals surface area contributed by atoms with Crippen molar-refractivity contribution in [1.82, 2.24) is 4.90 Å². The van der Waals surface area contributed by atoms with Gasteiger partial charge >= 0.3 is 0 Å². The van der Waals surface area contributed by atoms with Gasteiger partial charge in [-0.3, -0.25) is 4.90 Å². The molecule has 0 aliphatic rings. The monoisotopic (exact) mass is 195 g/mol. The van der Waals surface area contributed by atoms with Crippen molar-refractivity contribution in [2.45, 2.75) is 19.2 Å². The molecule has 0 amide bonds. The zero-order valence-corrected chi connectivity index (χ0v) is 9.60. The predicted octanol–water partition coefficient (Wildman–Crippen LogP) is 2.79. The summed E-state index contributed by atoms with van der Waals surface area (Å²) in [4.78, 5) is 2.10. The van der Waals surface area contributed by atoms with Crippen molar-refractivity contribution in [3.8, 4) is 0 Å². The molecule has 0 aromatic heterocycles. The molecule has 1 atom stereocenters. The molecule has 0 bridgehead atoms. The van der Waals surface area contributed by atoms with E-state index < -0.39 is 0 Å². The van der Waals surface area contributed by atoms with Crippen LogP contribution in [0.15, 0.2) is 18.2 Å². The minimum Gasteiger partial charge on any atom is -0.294 e. The average molecular weight is 195 g/mol. The largest absolute Gasteiger partial charge is 0.294 e. The standard InChI is InChI=1S/C11H17NS/c1-8-5-6-9(2)10(7-8)11(13)12(3)4/h5-7,11,13H,1-4H3. The van der Waals surface area contributed by atoms with Gasteiger partial charge in [-0.05, 0) is 39.1 Å². The number of benzene rings is 1. The Bertz CT molecular complexity index is 294. The van der Waals surface area contributed by atoms with Crippen molar-refractivity contribution in [2.75, 3.05) is 14.1 Å². The quantitative estimate of drug-likeness (QED) is 0.561. The van der Waals surface area contributed by atoms with Crippen LogP contribution < -0.4 is 0 Å². The first-order valence-electron chi connectivity index (χ1n) is 4.44. The van der Waals surface area contributed by atoms with Crippen LogP contribution in [0.4, 0.5) is 0 Å². The van der Waals surface area contributed by atoms with Crippen LogP contribution in [0.25, 0.3) is 0 Å². The third kappa shape index (κ3) is 2.48. The molecular formula is C11H17NS. The minimum absolute atomic E-state index is 0.194. The molecular weight excluding hydrogens is 178 g/mol. The van der Waals surface area contributed by atoms with Gasteiger partial charge in [0.05, 0.1) is 5.37 Å². The zero-order valence-electron chi connectivity index (χ0n) is 8.70. The second kappa shape index (κ2) is 4.16. The Hall–Kier alpha value is -0.470.